The molecule has 55 heavy (non-hydrogen) atoms. The van der Waals surface area contributed by atoms with Crippen LogP contribution in [0, 0.1) is 11.8 Å². The predicted molar refractivity (Wildman–Crippen MR) is 209 cm³/mol. The number of halogens is 3. The molecule has 2 amide bonds. The van der Waals surface area contributed by atoms with Crippen molar-refractivity contribution in [1.29, 1.82) is 0 Å². The minimum atomic E-state index is -1.30. The Bertz CT molecular complexity index is 2650. The van der Waals surface area contributed by atoms with E-state index in [4.69, 9.17) is 46.7 Å². The lowest BCUT2D eigenvalue weighted by Gasteiger charge is -2.29. The number of oxazole rings is 2. The van der Waals surface area contributed by atoms with Gasteiger partial charge in [0.05, 0.1) is 5.56 Å². The number of aromatic amines is 1. The lowest BCUT2D eigenvalue weighted by Crippen LogP contribution is -2.52. The molecule has 5 N–H and O–H groups in total. The van der Waals surface area contributed by atoms with Crippen molar-refractivity contribution in [2.24, 2.45) is 11.8 Å². The summed E-state index contributed by atoms with van der Waals surface area (Å²) < 4.78 is 21.2. The van der Waals surface area contributed by atoms with Crippen LogP contribution in [0.4, 0.5) is 5.69 Å². The summed E-state index contributed by atoms with van der Waals surface area (Å²) in [7, 11) is 0. The molecule has 3 aromatic carbocycles. The van der Waals surface area contributed by atoms with Gasteiger partial charge in [-0.3, -0.25) is 9.59 Å². The number of nitrogens with zero attached hydrogens (tertiary/aromatic N) is 2. The van der Waals surface area contributed by atoms with E-state index in [-0.39, 0.29) is 46.6 Å². The summed E-state index contributed by atoms with van der Waals surface area (Å²) in [5.74, 6) is -0.183. The standard InChI is InChI=1S/C40H33BrCl2N6O6/c1-14(2)27-37-47-29-32(55-37)40-20-10-16(11-23(35(51)46-27)45-36(52)30(50)15(3)4)8-9-24(20)53-39(40)48-28-19(12-17(41)13-21(28)40)18-6-5-7-22-25(18)26(33(42)44-22)31-34(43)49-38(29)54-31/h5-10,12-15,23,27,30,39,44,48,50H,11H2,1-4H3,(H,45,52)(H,46,51)/t23?,27-,30-,39?,40?/m0/s1. The third kappa shape index (κ3) is 4.85. The Morgan fingerprint density at radius 1 is 1.04 bits per heavy atom. The number of fused-ring (bicyclic) bond motifs is 7. The number of aliphatic hydroxyl groups is 1. The number of aromatic nitrogens is 3. The number of carbonyl (C=O) groups excluding carboxylic acids is 2. The molecule has 6 aromatic rings. The summed E-state index contributed by atoms with van der Waals surface area (Å²) in [5, 5.41) is 21.5. The Hall–Kier alpha value is -4.82. The summed E-state index contributed by atoms with van der Waals surface area (Å²) in [6.45, 7) is 7.35. The third-order valence-corrected chi connectivity index (χ3v) is 12.2. The molecule has 3 unspecified atom stereocenters. The second-order valence-corrected chi connectivity index (χ2v) is 16.9. The number of amides is 2. The van der Waals surface area contributed by atoms with Crippen LogP contribution in [0.3, 0.4) is 0 Å². The number of rotatable bonds is 4. The van der Waals surface area contributed by atoms with E-state index >= 15 is 0 Å². The molecule has 15 heteroatoms. The van der Waals surface area contributed by atoms with Crippen LogP contribution in [-0.4, -0.2) is 50.2 Å². The first-order chi connectivity index (χ1) is 26.3. The molecule has 0 saturated heterocycles. The van der Waals surface area contributed by atoms with Crippen LogP contribution in [0.2, 0.25) is 10.3 Å². The highest BCUT2D eigenvalue weighted by Gasteiger charge is 2.62. The zero-order valence-electron chi connectivity index (χ0n) is 29.8. The number of anilines is 1. The summed E-state index contributed by atoms with van der Waals surface area (Å²) >= 11 is 17.8. The Labute approximate surface area is 332 Å². The number of H-pyrrole nitrogens is 1. The summed E-state index contributed by atoms with van der Waals surface area (Å²) in [6.07, 6.45) is -1.91. The molecular weight excluding hydrogens is 811 g/mol. The molecule has 280 valence electrons. The van der Waals surface area contributed by atoms with Crippen molar-refractivity contribution in [3.8, 4) is 39.8 Å². The molecule has 0 fully saturated rings. The summed E-state index contributed by atoms with van der Waals surface area (Å²) in [5.41, 5.74) is 5.28. The van der Waals surface area contributed by atoms with Gasteiger partial charge in [-0.1, -0.05) is 91.1 Å². The summed E-state index contributed by atoms with van der Waals surface area (Å²) in [4.78, 5) is 40.6. The van der Waals surface area contributed by atoms with E-state index in [1.165, 1.54) is 0 Å². The first-order valence-corrected chi connectivity index (χ1v) is 19.6. The van der Waals surface area contributed by atoms with Gasteiger partial charge in [0.1, 0.15) is 34.5 Å². The largest absolute Gasteiger partial charge is 0.469 e. The van der Waals surface area contributed by atoms with E-state index < -0.39 is 41.6 Å². The predicted octanol–water partition coefficient (Wildman–Crippen LogP) is 7.88. The number of nitrogens with one attached hydrogen (secondary N) is 4. The third-order valence-electron chi connectivity index (χ3n) is 11.2. The van der Waals surface area contributed by atoms with Crippen molar-refractivity contribution in [2.45, 2.75) is 63.9 Å². The molecule has 10 rings (SSSR count). The quantitative estimate of drug-likeness (QED) is 0.119. The molecular formula is C40H33BrCl2N6O6. The van der Waals surface area contributed by atoms with E-state index in [1.807, 2.05) is 56.3 Å². The van der Waals surface area contributed by atoms with Crippen LogP contribution in [0.5, 0.6) is 5.75 Å². The van der Waals surface area contributed by atoms with Crippen LogP contribution < -0.4 is 20.7 Å². The van der Waals surface area contributed by atoms with Crippen molar-refractivity contribution in [3.63, 3.8) is 0 Å². The first-order valence-electron chi connectivity index (χ1n) is 18.0. The lowest BCUT2D eigenvalue weighted by molar-refractivity contribution is -0.135. The van der Waals surface area contributed by atoms with E-state index in [0.29, 0.717) is 22.2 Å². The average Bonchev–Trinajstić information content (AvgIpc) is 3.94. The first kappa shape index (κ1) is 34.7. The van der Waals surface area contributed by atoms with Gasteiger partial charge in [0.25, 0.3) is 5.89 Å². The van der Waals surface area contributed by atoms with E-state index in [9.17, 15) is 14.7 Å². The SMILES string of the molecule is CC(C)[C@H](O)C(=O)NC1Cc2ccc3c(c2)C24c5cc(Br)cc(c5NC2O3)-c2cccc3[nH]c(Cl)c(c23)-c2oc(nc2Cl)-c2nc(oc24)[C@H](C(C)C)NC1=O. The highest BCUT2D eigenvalue weighted by molar-refractivity contribution is 9.10. The molecule has 0 aliphatic carbocycles. The fraction of sp³-hybridized carbons (Fsp3) is 0.300. The molecule has 7 heterocycles. The van der Waals surface area contributed by atoms with Crippen LogP contribution in [0.1, 0.15) is 62.1 Å². The monoisotopic (exact) mass is 842 g/mol. The fourth-order valence-electron chi connectivity index (χ4n) is 8.54. The van der Waals surface area contributed by atoms with E-state index in [0.717, 1.165) is 48.9 Å². The summed E-state index contributed by atoms with van der Waals surface area (Å²) in [6, 6.07) is 13.9. The Kier molecular flexibility index (Phi) is 7.62. The Morgan fingerprint density at radius 2 is 1.85 bits per heavy atom. The number of carbonyl (C=O) groups is 2. The van der Waals surface area contributed by atoms with Gasteiger partial charge in [0.15, 0.2) is 28.6 Å². The zero-order chi connectivity index (χ0) is 38.2. The molecule has 3 aromatic heterocycles. The van der Waals surface area contributed by atoms with Gasteiger partial charge >= 0.3 is 0 Å². The molecule has 0 radical (unpaired) electrons. The minimum Gasteiger partial charge on any atom is -0.469 e. The maximum absolute atomic E-state index is 14.2. The van der Waals surface area contributed by atoms with Crippen LogP contribution in [0.25, 0.3) is 44.9 Å². The maximum atomic E-state index is 14.2. The van der Waals surface area contributed by atoms with Crippen molar-refractivity contribution < 1.29 is 28.3 Å². The molecule has 1 spiro atoms. The smallest absolute Gasteiger partial charge is 0.250 e. The molecule has 10 bridgehead atoms. The average molecular weight is 845 g/mol. The minimum absolute atomic E-state index is 0.0791. The van der Waals surface area contributed by atoms with Gasteiger partial charge in [0, 0.05) is 44.2 Å². The molecule has 12 nitrogen and oxygen atoms in total. The van der Waals surface area contributed by atoms with Crippen LogP contribution >= 0.6 is 39.1 Å². The van der Waals surface area contributed by atoms with Crippen molar-refractivity contribution in [2.75, 3.05) is 5.32 Å². The number of ether oxygens (including phenoxy) is 1. The van der Waals surface area contributed by atoms with Crippen molar-refractivity contribution >= 4 is 67.5 Å². The van der Waals surface area contributed by atoms with E-state index in [2.05, 4.69) is 42.9 Å². The number of hydrogen-bond donors (Lipinski definition) is 5. The second-order valence-electron chi connectivity index (χ2n) is 15.3. The van der Waals surface area contributed by atoms with Crippen molar-refractivity contribution in [1.82, 2.24) is 25.6 Å². The second kappa shape index (κ2) is 12.1. The highest BCUT2D eigenvalue weighted by atomic mass is 79.9. The lowest BCUT2D eigenvalue weighted by atomic mass is 9.72. The highest BCUT2D eigenvalue weighted by Crippen LogP contribution is 2.62. The topological polar surface area (TPSA) is 168 Å². The van der Waals surface area contributed by atoms with Gasteiger partial charge in [0.2, 0.25) is 17.7 Å². The Balaban J connectivity index is 1.31. The molecule has 0 saturated carbocycles. The van der Waals surface area contributed by atoms with Crippen LogP contribution in [-0.2, 0) is 21.4 Å². The molecule has 5 atom stereocenters. The van der Waals surface area contributed by atoms with Gasteiger partial charge in [-0.05, 0) is 47.2 Å². The zero-order valence-corrected chi connectivity index (χ0v) is 32.9. The molecule has 4 aliphatic heterocycles. The van der Waals surface area contributed by atoms with Gasteiger partial charge in [-0.15, -0.1) is 0 Å². The number of hydrogen-bond acceptors (Lipinski definition) is 9. The van der Waals surface area contributed by atoms with Crippen molar-refractivity contribution in [3.05, 3.63) is 91.7 Å². The van der Waals surface area contributed by atoms with Crippen LogP contribution in [0.15, 0.2) is 61.8 Å². The fourth-order valence-corrected chi connectivity index (χ4v) is 9.49. The molecule has 4 aliphatic rings. The number of aliphatic hydroxyl groups excluding tert-OH is 1. The van der Waals surface area contributed by atoms with Gasteiger partial charge < -0.3 is 39.6 Å². The van der Waals surface area contributed by atoms with E-state index in [1.54, 1.807) is 13.8 Å². The number of benzene rings is 3. The van der Waals surface area contributed by atoms with Gasteiger partial charge in [-0.2, -0.15) is 4.98 Å². The Morgan fingerprint density at radius 3 is 2.64 bits per heavy atom. The maximum Gasteiger partial charge on any atom is 0.250 e. The normalized spacial score (nSPS) is 22.1. The van der Waals surface area contributed by atoms with Gasteiger partial charge in [-0.25, -0.2) is 4.98 Å².